The van der Waals surface area contributed by atoms with Crippen LogP contribution < -0.4 is 0 Å². The molecular formula is C63H47N7. The molecule has 15 rings (SSSR count). The minimum absolute atomic E-state index is 0.0159. The summed E-state index contributed by atoms with van der Waals surface area (Å²) in [6.07, 6.45) is 8.64. The highest BCUT2D eigenvalue weighted by Crippen LogP contribution is 2.70. The van der Waals surface area contributed by atoms with Crippen molar-refractivity contribution in [2.75, 3.05) is 0 Å². The summed E-state index contributed by atoms with van der Waals surface area (Å²) >= 11 is 0. The van der Waals surface area contributed by atoms with Gasteiger partial charge in [-0.05, 0) is 107 Å². The van der Waals surface area contributed by atoms with Crippen molar-refractivity contribution in [1.29, 1.82) is 0 Å². The van der Waals surface area contributed by atoms with Crippen LogP contribution >= 0.6 is 0 Å². The van der Waals surface area contributed by atoms with Crippen molar-refractivity contribution in [2.24, 2.45) is 23.7 Å². The number of nitrogens with zero attached hydrogens (tertiary/aromatic N) is 7. The van der Waals surface area contributed by atoms with E-state index in [1.54, 1.807) is 0 Å². The lowest BCUT2D eigenvalue weighted by atomic mass is 9.43. The van der Waals surface area contributed by atoms with E-state index in [2.05, 4.69) is 97.1 Å². The molecule has 3 aromatic heterocycles. The fourth-order valence-corrected chi connectivity index (χ4v) is 13.0. The maximum absolute atomic E-state index is 5.14. The van der Waals surface area contributed by atoms with E-state index >= 15 is 0 Å². The highest BCUT2D eigenvalue weighted by molar-refractivity contribution is 5.95. The monoisotopic (exact) mass is 901 g/mol. The molecule has 0 unspecified atom stereocenters. The molecule has 0 atom stereocenters. The largest absolute Gasteiger partial charge is 0.255 e. The number of hydrogen-bond donors (Lipinski definition) is 0. The standard InChI is InChI=1S/C63H47N7/c1-5-14-42(15-6-1)57-65-58(43-16-7-2-8-17-43)68-61(67-57)46-26-24-41(25-27-46)51-22-13-23-54-56(51)52-37-47(28-30-53(52)63(54)49-33-39-32-40(35-49)36-50(63)34-39)55-31-29-48(38-64-55)62-69-59(44-18-9-3-10-19-44)66-60(70-62)45-20-11-4-12-21-45/h1-31,37-40,49-50H,32-36H2. The molecule has 3 heterocycles. The molecule has 7 heteroatoms. The summed E-state index contributed by atoms with van der Waals surface area (Å²) in [6.45, 7) is 0. The number of aromatic nitrogens is 7. The molecule has 4 bridgehead atoms. The van der Waals surface area contributed by atoms with E-state index in [1.165, 1.54) is 65.5 Å². The first-order chi connectivity index (χ1) is 34.6. The average molecular weight is 902 g/mol. The third kappa shape index (κ3) is 6.74. The molecule has 10 aromatic rings. The van der Waals surface area contributed by atoms with Crippen molar-refractivity contribution in [2.45, 2.75) is 37.5 Å². The number of pyridine rings is 1. The zero-order valence-electron chi connectivity index (χ0n) is 38.5. The Morgan fingerprint density at radius 3 is 1.19 bits per heavy atom. The molecular weight excluding hydrogens is 855 g/mol. The molecule has 0 radical (unpaired) electrons. The smallest absolute Gasteiger partial charge is 0.165 e. The predicted octanol–water partition coefficient (Wildman–Crippen LogP) is 14.5. The maximum atomic E-state index is 5.14. The molecule has 0 saturated heterocycles. The SMILES string of the molecule is c1ccc(-c2nc(-c3ccccc3)nc(-c3ccc(-c4cccc5c4-c4cc(-c6ccc(-c7nc(-c8ccccc8)nc(-c8ccccc8)n7)cn6)ccc4C54C5CC6CC(C5)CC4C6)cc3)n2)cc1. The van der Waals surface area contributed by atoms with E-state index in [9.17, 15) is 0 Å². The van der Waals surface area contributed by atoms with Gasteiger partial charge >= 0.3 is 0 Å². The van der Waals surface area contributed by atoms with Gasteiger partial charge in [0.15, 0.2) is 34.9 Å². The van der Waals surface area contributed by atoms with E-state index in [-0.39, 0.29) is 5.41 Å². The highest BCUT2D eigenvalue weighted by Gasteiger charge is 2.61. The first-order valence-corrected chi connectivity index (χ1v) is 24.7. The van der Waals surface area contributed by atoms with Crippen molar-refractivity contribution < 1.29 is 0 Å². The molecule has 7 nitrogen and oxygen atoms in total. The van der Waals surface area contributed by atoms with Crippen LogP contribution in [-0.2, 0) is 5.41 Å². The van der Waals surface area contributed by atoms with Gasteiger partial charge in [-0.2, -0.15) is 0 Å². The molecule has 7 aromatic carbocycles. The third-order valence-electron chi connectivity index (χ3n) is 15.8. The van der Waals surface area contributed by atoms with Gasteiger partial charge in [0.05, 0.1) is 5.69 Å². The van der Waals surface area contributed by atoms with E-state index in [4.69, 9.17) is 34.9 Å². The van der Waals surface area contributed by atoms with Gasteiger partial charge in [-0.15, -0.1) is 0 Å². The van der Waals surface area contributed by atoms with Crippen molar-refractivity contribution in [3.63, 3.8) is 0 Å². The van der Waals surface area contributed by atoms with Crippen molar-refractivity contribution >= 4 is 0 Å². The first-order valence-electron chi connectivity index (χ1n) is 24.7. The molecule has 1 spiro atoms. The van der Waals surface area contributed by atoms with Gasteiger partial charge in [-0.25, -0.2) is 29.9 Å². The van der Waals surface area contributed by atoms with Crippen LogP contribution in [0.25, 0.3) is 102 Å². The molecule has 4 saturated carbocycles. The van der Waals surface area contributed by atoms with Gasteiger partial charge in [0.1, 0.15) is 0 Å². The van der Waals surface area contributed by atoms with Crippen LogP contribution in [0, 0.1) is 23.7 Å². The van der Waals surface area contributed by atoms with Crippen molar-refractivity contribution in [3.8, 4) is 102 Å². The normalized spacial score (nSPS) is 20.3. The zero-order chi connectivity index (χ0) is 46.2. The number of hydrogen-bond acceptors (Lipinski definition) is 7. The Kier molecular flexibility index (Phi) is 9.58. The van der Waals surface area contributed by atoms with Crippen LogP contribution in [0.5, 0.6) is 0 Å². The van der Waals surface area contributed by atoms with Crippen LogP contribution in [0.15, 0.2) is 200 Å². The Hall–Kier alpha value is -8.29. The minimum Gasteiger partial charge on any atom is -0.255 e. The Balaban J connectivity index is 0.863. The molecule has 0 aliphatic heterocycles. The zero-order valence-corrected chi connectivity index (χ0v) is 38.5. The van der Waals surface area contributed by atoms with Crippen molar-refractivity contribution in [1.82, 2.24) is 34.9 Å². The summed E-state index contributed by atoms with van der Waals surface area (Å²) in [7, 11) is 0. The quantitative estimate of drug-likeness (QED) is 0.150. The molecule has 334 valence electrons. The van der Waals surface area contributed by atoms with Gasteiger partial charge in [-0.3, -0.25) is 4.98 Å². The van der Waals surface area contributed by atoms with E-state index in [1.807, 2.05) is 103 Å². The molecule has 0 amide bonds. The van der Waals surface area contributed by atoms with Gasteiger partial charge < -0.3 is 0 Å². The Bertz CT molecular complexity index is 3440. The summed E-state index contributed by atoms with van der Waals surface area (Å²) in [5, 5.41) is 0. The van der Waals surface area contributed by atoms with Gasteiger partial charge in [0.2, 0.25) is 0 Å². The highest BCUT2D eigenvalue weighted by atomic mass is 15.0. The molecule has 5 aliphatic rings. The third-order valence-corrected chi connectivity index (χ3v) is 15.8. The second-order valence-electron chi connectivity index (χ2n) is 19.7. The second-order valence-corrected chi connectivity index (χ2v) is 19.7. The molecule has 5 aliphatic carbocycles. The van der Waals surface area contributed by atoms with Gasteiger partial charge in [0.25, 0.3) is 0 Å². The summed E-state index contributed by atoms with van der Waals surface area (Å²) in [5.74, 6) is 6.84. The van der Waals surface area contributed by atoms with E-state index in [0.717, 1.165) is 56.5 Å². The van der Waals surface area contributed by atoms with Crippen LogP contribution in [0.4, 0.5) is 0 Å². The summed E-state index contributed by atoms with van der Waals surface area (Å²) in [5.41, 5.74) is 15.8. The van der Waals surface area contributed by atoms with Crippen LogP contribution in [0.3, 0.4) is 0 Å². The van der Waals surface area contributed by atoms with Gasteiger partial charge in [0, 0.05) is 50.6 Å². The molecule has 70 heavy (non-hydrogen) atoms. The minimum atomic E-state index is 0.0159. The van der Waals surface area contributed by atoms with Crippen LogP contribution in [0.2, 0.25) is 0 Å². The topological polar surface area (TPSA) is 90.2 Å². The van der Waals surface area contributed by atoms with Crippen molar-refractivity contribution in [3.05, 3.63) is 211 Å². The molecule has 0 N–H and O–H groups in total. The number of rotatable bonds is 8. The average Bonchev–Trinajstić information content (AvgIpc) is 3.73. The second kappa shape index (κ2) is 16.4. The van der Waals surface area contributed by atoms with Crippen LogP contribution in [0.1, 0.15) is 43.2 Å². The fraction of sp³-hybridized carbons (Fsp3) is 0.159. The lowest BCUT2D eigenvalue weighted by Crippen LogP contribution is -2.55. The maximum Gasteiger partial charge on any atom is 0.165 e. The predicted molar refractivity (Wildman–Crippen MR) is 278 cm³/mol. The number of benzene rings is 7. The lowest BCUT2D eigenvalue weighted by molar-refractivity contribution is -0.0399. The first kappa shape index (κ1) is 40.7. The summed E-state index contributed by atoms with van der Waals surface area (Å²) in [6, 6.07) is 68.1. The lowest BCUT2D eigenvalue weighted by Gasteiger charge is -2.61. The van der Waals surface area contributed by atoms with Crippen LogP contribution in [-0.4, -0.2) is 34.9 Å². The fourth-order valence-electron chi connectivity index (χ4n) is 13.0. The van der Waals surface area contributed by atoms with E-state index in [0.29, 0.717) is 46.8 Å². The Morgan fingerprint density at radius 2 is 0.729 bits per heavy atom. The Morgan fingerprint density at radius 1 is 0.314 bits per heavy atom. The summed E-state index contributed by atoms with van der Waals surface area (Å²) in [4.78, 5) is 35.0. The molecule has 4 fully saturated rings. The Labute approximate surface area is 407 Å². The number of fused-ring (bicyclic) bond motifs is 3. The van der Waals surface area contributed by atoms with E-state index < -0.39 is 0 Å². The summed E-state index contributed by atoms with van der Waals surface area (Å²) < 4.78 is 0. The van der Waals surface area contributed by atoms with Gasteiger partial charge in [-0.1, -0.05) is 176 Å².